The van der Waals surface area contributed by atoms with E-state index in [0.29, 0.717) is 23.9 Å². The Bertz CT molecular complexity index is 835. The molecule has 7 heteroatoms. The predicted octanol–water partition coefficient (Wildman–Crippen LogP) is 1.64. The van der Waals surface area contributed by atoms with Crippen molar-refractivity contribution in [3.05, 3.63) is 65.2 Å². The molecule has 1 aliphatic rings. The van der Waals surface area contributed by atoms with Gasteiger partial charge < -0.3 is 5.32 Å². The molecule has 0 spiro atoms. The van der Waals surface area contributed by atoms with Crippen molar-refractivity contribution in [1.82, 2.24) is 20.9 Å². The van der Waals surface area contributed by atoms with Crippen molar-refractivity contribution >= 4 is 10.0 Å². The van der Waals surface area contributed by atoms with Crippen LogP contribution in [0, 0.1) is 19.8 Å². The minimum atomic E-state index is -3.45. The summed E-state index contributed by atoms with van der Waals surface area (Å²) in [6.45, 7) is 6.65. The highest BCUT2D eigenvalue weighted by Gasteiger charge is 2.27. The molecular weight excluding hydrogens is 360 g/mol. The molecule has 1 heterocycles. The van der Waals surface area contributed by atoms with Crippen molar-refractivity contribution in [2.24, 2.45) is 5.92 Å². The third-order valence-corrected chi connectivity index (χ3v) is 6.34. The number of hydrogen-bond acceptors (Lipinski definition) is 5. The van der Waals surface area contributed by atoms with Gasteiger partial charge in [-0.3, -0.25) is 5.43 Å². The van der Waals surface area contributed by atoms with E-state index in [-0.39, 0.29) is 6.04 Å². The monoisotopic (exact) mass is 388 g/mol. The fourth-order valence-electron chi connectivity index (χ4n) is 3.22. The summed E-state index contributed by atoms with van der Waals surface area (Å²) >= 11 is 0. The molecule has 0 aromatic heterocycles. The molecule has 0 amide bonds. The van der Waals surface area contributed by atoms with Gasteiger partial charge >= 0.3 is 0 Å². The highest BCUT2D eigenvalue weighted by atomic mass is 32.2. The van der Waals surface area contributed by atoms with E-state index in [1.54, 1.807) is 24.3 Å². The third-order valence-electron chi connectivity index (χ3n) is 4.86. The van der Waals surface area contributed by atoms with E-state index in [2.05, 4.69) is 52.1 Å². The molecule has 0 bridgehead atoms. The summed E-state index contributed by atoms with van der Waals surface area (Å²) in [5.74, 6) is 0.404. The lowest BCUT2D eigenvalue weighted by atomic mass is 9.94. The summed E-state index contributed by atoms with van der Waals surface area (Å²) in [7, 11) is -3.45. The number of sulfonamides is 1. The molecule has 3 rings (SSSR count). The van der Waals surface area contributed by atoms with Gasteiger partial charge in [0, 0.05) is 32.1 Å². The zero-order valence-electron chi connectivity index (χ0n) is 15.8. The van der Waals surface area contributed by atoms with Gasteiger partial charge in [-0.1, -0.05) is 47.5 Å². The van der Waals surface area contributed by atoms with E-state index < -0.39 is 10.0 Å². The SMILES string of the molecule is Cc1ccc(C2NNCC2CNCCNS(=O)(=O)c2ccc(C)cc2)cc1. The molecule has 0 saturated carbocycles. The van der Waals surface area contributed by atoms with Crippen molar-refractivity contribution < 1.29 is 8.42 Å². The highest BCUT2D eigenvalue weighted by molar-refractivity contribution is 7.89. The van der Waals surface area contributed by atoms with Gasteiger partial charge in [0.15, 0.2) is 0 Å². The van der Waals surface area contributed by atoms with Gasteiger partial charge in [-0.2, -0.15) is 0 Å². The normalized spacial score (nSPS) is 20.1. The van der Waals surface area contributed by atoms with Crippen molar-refractivity contribution in [2.75, 3.05) is 26.2 Å². The first-order valence-electron chi connectivity index (χ1n) is 9.28. The Hall–Kier alpha value is -1.77. The van der Waals surface area contributed by atoms with Gasteiger partial charge in [0.05, 0.1) is 10.9 Å². The Balaban J connectivity index is 1.44. The lowest BCUT2D eigenvalue weighted by molar-refractivity contribution is 0.443. The first kappa shape index (κ1) is 20.0. The van der Waals surface area contributed by atoms with Crippen LogP contribution in [0.5, 0.6) is 0 Å². The molecule has 4 N–H and O–H groups in total. The average Bonchev–Trinajstić information content (AvgIpc) is 3.11. The maximum atomic E-state index is 12.3. The Labute approximate surface area is 161 Å². The molecular formula is C20H28N4O2S. The molecule has 1 saturated heterocycles. The Morgan fingerprint density at radius 3 is 2.26 bits per heavy atom. The van der Waals surface area contributed by atoms with E-state index >= 15 is 0 Å². The number of aryl methyl sites for hydroxylation is 2. The van der Waals surface area contributed by atoms with Crippen LogP contribution in [0.3, 0.4) is 0 Å². The summed E-state index contributed by atoms with van der Waals surface area (Å²) in [6, 6.07) is 15.7. The number of nitrogens with one attached hydrogen (secondary N) is 4. The molecule has 27 heavy (non-hydrogen) atoms. The lowest BCUT2D eigenvalue weighted by Gasteiger charge is -2.19. The van der Waals surface area contributed by atoms with Crippen LogP contribution in [0.15, 0.2) is 53.4 Å². The minimum Gasteiger partial charge on any atom is -0.315 e. The molecule has 146 valence electrons. The quantitative estimate of drug-likeness (QED) is 0.517. The van der Waals surface area contributed by atoms with Gasteiger partial charge in [-0.25, -0.2) is 18.6 Å². The smallest absolute Gasteiger partial charge is 0.240 e. The van der Waals surface area contributed by atoms with Crippen molar-refractivity contribution in [1.29, 1.82) is 0 Å². The molecule has 0 aliphatic carbocycles. The topological polar surface area (TPSA) is 82.3 Å². The van der Waals surface area contributed by atoms with Gasteiger partial charge in [-0.15, -0.1) is 0 Å². The van der Waals surface area contributed by atoms with E-state index in [9.17, 15) is 8.42 Å². The third kappa shape index (κ3) is 5.37. The number of hydrogen-bond donors (Lipinski definition) is 4. The number of hydrazine groups is 1. The van der Waals surface area contributed by atoms with Crippen LogP contribution >= 0.6 is 0 Å². The van der Waals surface area contributed by atoms with Crippen LogP contribution in [-0.4, -0.2) is 34.6 Å². The second kappa shape index (κ2) is 8.95. The van der Waals surface area contributed by atoms with Crippen LogP contribution in [0.4, 0.5) is 0 Å². The first-order valence-corrected chi connectivity index (χ1v) is 10.8. The van der Waals surface area contributed by atoms with Crippen LogP contribution in [-0.2, 0) is 10.0 Å². The maximum absolute atomic E-state index is 12.3. The standard InChI is InChI=1S/C20H28N4O2S/c1-15-3-7-17(8-4-15)20-18(14-22-24-20)13-21-11-12-23-27(25,26)19-9-5-16(2)6-10-19/h3-10,18,20-24H,11-14H2,1-2H3. The summed E-state index contributed by atoms with van der Waals surface area (Å²) in [6.07, 6.45) is 0. The minimum absolute atomic E-state index is 0.252. The van der Waals surface area contributed by atoms with Gasteiger partial charge in [0.25, 0.3) is 0 Å². The number of benzene rings is 2. The maximum Gasteiger partial charge on any atom is 0.240 e. The van der Waals surface area contributed by atoms with Crippen LogP contribution in [0.2, 0.25) is 0 Å². The molecule has 0 radical (unpaired) electrons. The van der Waals surface area contributed by atoms with Crippen LogP contribution < -0.4 is 20.9 Å². The van der Waals surface area contributed by atoms with E-state index in [4.69, 9.17) is 0 Å². The van der Waals surface area contributed by atoms with E-state index in [0.717, 1.165) is 18.7 Å². The second-order valence-electron chi connectivity index (χ2n) is 7.09. The fourth-order valence-corrected chi connectivity index (χ4v) is 4.25. The Kier molecular flexibility index (Phi) is 6.62. The molecule has 2 aromatic rings. The fraction of sp³-hybridized carbons (Fsp3) is 0.400. The van der Waals surface area contributed by atoms with E-state index in [1.807, 2.05) is 6.92 Å². The zero-order valence-corrected chi connectivity index (χ0v) is 16.6. The largest absolute Gasteiger partial charge is 0.315 e. The summed E-state index contributed by atoms with van der Waals surface area (Å²) in [5, 5.41) is 3.36. The Morgan fingerprint density at radius 2 is 1.59 bits per heavy atom. The summed E-state index contributed by atoms with van der Waals surface area (Å²) in [4.78, 5) is 0.303. The second-order valence-corrected chi connectivity index (χ2v) is 8.86. The molecule has 2 unspecified atom stereocenters. The van der Waals surface area contributed by atoms with Gasteiger partial charge in [0.2, 0.25) is 10.0 Å². The first-order chi connectivity index (χ1) is 13.0. The lowest BCUT2D eigenvalue weighted by Crippen LogP contribution is -2.35. The van der Waals surface area contributed by atoms with Gasteiger partial charge in [0.1, 0.15) is 0 Å². The molecule has 1 aliphatic heterocycles. The van der Waals surface area contributed by atoms with Crippen molar-refractivity contribution in [3.8, 4) is 0 Å². The molecule has 2 atom stereocenters. The van der Waals surface area contributed by atoms with Crippen LogP contribution in [0.1, 0.15) is 22.7 Å². The zero-order chi connectivity index (χ0) is 19.3. The number of rotatable bonds is 8. The predicted molar refractivity (Wildman–Crippen MR) is 108 cm³/mol. The van der Waals surface area contributed by atoms with E-state index in [1.165, 1.54) is 11.1 Å². The molecule has 6 nitrogen and oxygen atoms in total. The highest BCUT2D eigenvalue weighted by Crippen LogP contribution is 2.24. The van der Waals surface area contributed by atoms with Gasteiger partial charge in [-0.05, 0) is 31.5 Å². The average molecular weight is 389 g/mol. The molecule has 1 fully saturated rings. The van der Waals surface area contributed by atoms with Crippen molar-refractivity contribution in [2.45, 2.75) is 24.8 Å². The molecule has 2 aromatic carbocycles. The van der Waals surface area contributed by atoms with Crippen LogP contribution in [0.25, 0.3) is 0 Å². The summed E-state index contributed by atoms with van der Waals surface area (Å²) in [5.41, 5.74) is 10.1. The summed E-state index contributed by atoms with van der Waals surface area (Å²) < 4.78 is 27.2. The van der Waals surface area contributed by atoms with Crippen molar-refractivity contribution in [3.63, 3.8) is 0 Å². The Morgan fingerprint density at radius 1 is 0.963 bits per heavy atom.